The average Bonchev–Trinajstić information content (AvgIpc) is 3.22. The van der Waals surface area contributed by atoms with Gasteiger partial charge in [-0.3, -0.25) is 13.9 Å². The first-order chi connectivity index (χ1) is 11.1. The summed E-state index contributed by atoms with van der Waals surface area (Å²) in [6.45, 7) is 1.58. The Morgan fingerprint density at radius 2 is 1.87 bits per heavy atom. The van der Waals surface area contributed by atoms with E-state index in [0.29, 0.717) is 0 Å². The molecule has 0 N–H and O–H groups in total. The standard InChI is InChI=1S/C16H20N2O4S/c19-15(17-8-4-5-9-17)14-11-23(21)12-18(14)16(20)22-10-13-6-2-1-3-7-13/h1-3,6-7,14H,4-5,8-12H2. The van der Waals surface area contributed by atoms with Gasteiger partial charge in [-0.2, -0.15) is 0 Å². The fourth-order valence-electron chi connectivity index (χ4n) is 2.90. The van der Waals surface area contributed by atoms with E-state index in [1.54, 1.807) is 4.90 Å². The molecule has 2 aliphatic rings. The zero-order valence-electron chi connectivity index (χ0n) is 12.8. The summed E-state index contributed by atoms with van der Waals surface area (Å²) in [5.41, 5.74) is 0.878. The van der Waals surface area contributed by atoms with Gasteiger partial charge in [0, 0.05) is 23.9 Å². The minimum atomic E-state index is -1.19. The van der Waals surface area contributed by atoms with Crippen molar-refractivity contribution >= 4 is 22.8 Å². The van der Waals surface area contributed by atoms with Crippen LogP contribution in [0.1, 0.15) is 18.4 Å². The van der Waals surface area contributed by atoms with E-state index in [4.69, 9.17) is 4.74 Å². The third-order valence-electron chi connectivity index (χ3n) is 4.15. The monoisotopic (exact) mass is 336 g/mol. The Morgan fingerprint density at radius 1 is 1.17 bits per heavy atom. The van der Waals surface area contributed by atoms with Gasteiger partial charge in [-0.05, 0) is 18.4 Å². The third-order valence-corrected chi connectivity index (χ3v) is 5.40. The molecule has 124 valence electrons. The number of benzene rings is 1. The van der Waals surface area contributed by atoms with E-state index in [1.165, 1.54) is 4.90 Å². The molecular weight excluding hydrogens is 316 g/mol. The average molecular weight is 336 g/mol. The van der Waals surface area contributed by atoms with E-state index in [2.05, 4.69) is 0 Å². The molecule has 2 aliphatic heterocycles. The molecule has 0 saturated carbocycles. The molecule has 2 heterocycles. The van der Waals surface area contributed by atoms with Gasteiger partial charge >= 0.3 is 6.09 Å². The number of carbonyl (C=O) groups excluding carboxylic acids is 2. The smallest absolute Gasteiger partial charge is 0.411 e. The summed E-state index contributed by atoms with van der Waals surface area (Å²) in [5, 5.41) is 0. The van der Waals surface area contributed by atoms with Crippen molar-refractivity contribution < 1.29 is 18.5 Å². The van der Waals surface area contributed by atoms with E-state index >= 15 is 0 Å². The maximum atomic E-state index is 12.5. The SMILES string of the molecule is O=C(C1CS(=O)CN1C(=O)OCc1ccccc1)N1CCCC1. The lowest BCUT2D eigenvalue weighted by Crippen LogP contribution is -2.48. The topological polar surface area (TPSA) is 66.9 Å². The Hall–Kier alpha value is -1.89. The van der Waals surface area contributed by atoms with Gasteiger partial charge in [0.05, 0.1) is 5.75 Å². The molecule has 0 bridgehead atoms. The minimum absolute atomic E-state index is 0.0673. The molecule has 2 unspecified atom stereocenters. The van der Waals surface area contributed by atoms with Crippen molar-refractivity contribution in [2.45, 2.75) is 25.5 Å². The maximum absolute atomic E-state index is 12.5. The highest BCUT2D eigenvalue weighted by Gasteiger charge is 2.41. The van der Waals surface area contributed by atoms with Gasteiger partial charge in [0.25, 0.3) is 0 Å². The van der Waals surface area contributed by atoms with Gasteiger partial charge in [-0.25, -0.2) is 4.79 Å². The fraction of sp³-hybridized carbons (Fsp3) is 0.500. The van der Waals surface area contributed by atoms with Crippen molar-refractivity contribution in [3.8, 4) is 0 Å². The highest BCUT2D eigenvalue weighted by atomic mass is 32.2. The second kappa shape index (κ2) is 7.12. The quantitative estimate of drug-likeness (QED) is 0.835. The highest BCUT2D eigenvalue weighted by molar-refractivity contribution is 7.85. The summed E-state index contributed by atoms with van der Waals surface area (Å²) in [7, 11) is -1.19. The lowest BCUT2D eigenvalue weighted by Gasteiger charge is -2.26. The summed E-state index contributed by atoms with van der Waals surface area (Å²) < 4.78 is 17.1. The molecular formula is C16H20N2O4S. The van der Waals surface area contributed by atoms with Crippen molar-refractivity contribution in [2.24, 2.45) is 0 Å². The zero-order chi connectivity index (χ0) is 16.2. The molecule has 3 rings (SSSR count). The molecule has 2 fully saturated rings. The van der Waals surface area contributed by atoms with Crippen molar-refractivity contribution in [2.75, 3.05) is 24.7 Å². The molecule has 0 aliphatic carbocycles. The predicted molar refractivity (Wildman–Crippen MR) is 85.9 cm³/mol. The molecule has 6 nitrogen and oxygen atoms in total. The first-order valence-electron chi connectivity index (χ1n) is 7.76. The Balaban J connectivity index is 1.63. The van der Waals surface area contributed by atoms with Crippen molar-refractivity contribution in [1.29, 1.82) is 0 Å². The van der Waals surface area contributed by atoms with Crippen LogP contribution in [0.3, 0.4) is 0 Å². The van der Waals surface area contributed by atoms with Crippen LogP contribution in [-0.4, -0.2) is 56.8 Å². The van der Waals surface area contributed by atoms with Crippen LogP contribution in [0.2, 0.25) is 0 Å². The molecule has 2 saturated heterocycles. The highest BCUT2D eigenvalue weighted by Crippen LogP contribution is 2.19. The van der Waals surface area contributed by atoms with E-state index in [1.807, 2.05) is 30.3 Å². The lowest BCUT2D eigenvalue weighted by molar-refractivity contribution is -0.134. The normalized spacial score (nSPS) is 24.0. The Labute approximate surface area is 137 Å². The molecule has 0 aromatic heterocycles. The van der Waals surface area contributed by atoms with Crippen LogP contribution >= 0.6 is 0 Å². The summed E-state index contributed by atoms with van der Waals surface area (Å²) in [6.07, 6.45) is 1.40. The van der Waals surface area contributed by atoms with Gasteiger partial charge < -0.3 is 9.64 Å². The largest absolute Gasteiger partial charge is 0.445 e. The van der Waals surface area contributed by atoms with Crippen LogP contribution in [0.25, 0.3) is 0 Å². The lowest BCUT2D eigenvalue weighted by atomic mass is 10.2. The van der Waals surface area contributed by atoms with Gasteiger partial charge in [-0.1, -0.05) is 30.3 Å². The molecule has 2 amide bonds. The predicted octanol–water partition coefficient (Wildman–Crippen LogP) is 1.34. The van der Waals surface area contributed by atoms with E-state index < -0.39 is 22.9 Å². The minimum Gasteiger partial charge on any atom is -0.445 e. The van der Waals surface area contributed by atoms with Crippen LogP contribution in [0.5, 0.6) is 0 Å². The fourth-order valence-corrected chi connectivity index (χ4v) is 4.27. The van der Waals surface area contributed by atoms with Crippen LogP contribution in [0.15, 0.2) is 30.3 Å². The number of likely N-dealkylation sites (tertiary alicyclic amines) is 1. The first-order valence-corrected chi connectivity index (χ1v) is 9.25. The second-order valence-corrected chi connectivity index (χ2v) is 7.26. The summed E-state index contributed by atoms with van der Waals surface area (Å²) in [6, 6.07) is 8.70. The van der Waals surface area contributed by atoms with Crippen molar-refractivity contribution in [1.82, 2.24) is 9.80 Å². The molecule has 7 heteroatoms. The van der Waals surface area contributed by atoms with Crippen LogP contribution < -0.4 is 0 Å². The Morgan fingerprint density at radius 3 is 2.57 bits per heavy atom. The zero-order valence-corrected chi connectivity index (χ0v) is 13.7. The number of carbonyl (C=O) groups is 2. The summed E-state index contributed by atoms with van der Waals surface area (Å²) in [4.78, 5) is 27.9. The number of nitrogens with zero attached hydrogens (tertiary/aromatic N) is 2. The summed E-state index contributed by atoms with van der Waals surface area (Å²) in [5.74, 6) is 0.165. The Kier molecular flexibility index (Phi) is 4.95. The number of ether oxygens (including phenoxy) is 1. The number of hydrogen-bond acceptors (Lipinski definition) is 4. The van der Waals surface area contributed by atoms with Crippen LogP contribution in [0.4, 0.5) is 4.79 Å². The molecule has 1 aromatic rings. The van der Waals surface area contributed by atoms with E-state index in [-0.39, 0.29) is 24.1 Å². The van der Waals surface area contributed by atoms with Gasteiger partial charge in [0.15, 0.2) is 0 Å². The second-order valence-electron chi connectivity index (χ2n) is 5.79. The maximum Gasteiger partial charge on any atom is 0.411 e. The molecule has 23 heavy (non-hydrogen) atoms. The van der Waals surface area contributed by atoms with Crippen molar-refractivity contribution in [3.63, 3.8) is 0 Å². The third kappa shape index (κ3) is 3.72. The van der Waals surface area contributed by atoms with E-state index in [0.717, 1.165) is 31.5 Å². The number of rotatable bonds is 3. The number of amides is 2. The van der Waals surface area contributed by atoms with E-state index in [9.17, 15) is 13.8 Å². The Bertz CT molecular complexity index is 601. The number of hydrogen-bond donors (Lipinski definition) is 0. The van der Waals surface area contributed by atoms with Gasteiger partial charge in [-0.15, -0.1) is 0 Å². The van der Waals surface area contributed by atoms with Gasteiger partial charge in [0.2, 0.25) is 5.91 Å². The van der Waals surface area contributed by atoms with Crippen molar-refractivity contribution in [3.05, 3.63) is 35.9 Å². The first kappa shape index (κ1) is 16.0. The van der Waals surface area contributed by atoms with Gasteiger partial charge in [0.1, 0.15) is 18.5 Å². The molecule has 0 spiro atoms. The molecule has 2 atom stereocenters. The van der Waals surface area contributed by atoms with Crippen LogP contribution in [-0.2, 0) is 26.9 Å². The molecule has 1 aromatic carbocycles. The van der Waals surface area contributed by atoms with Crippen LogP contribution in [0, 0.1) is 0 Å². The molecule has 0 radical (unpaired) electrons. The summed E-state index contributed by atoms with van der Waals surface area (Å²) >= 11 is 0.